The average Bonchev–Trinajstić information content (AvgIpc) is 2.25. The second-order valence-electron chi connectivity index (χ2n) is 3.22. The molecule has 0 saturated carbocycles. The Balaban J connectivity index is 3.11. The Morgan fingerprint density at radius 2 is 2.06 bits per heavy atom. The first kappa shape index (κ1) is 13.1. The number of alkyl halides is 3. The van der Waals surface area contributed by atoms with Crippen molar-refractivity contribution in [2.75, 3.05) is 5.75 Å². The first-order valence-corrected chi connectivity index (χ1v) is 5.76. The van der Waals surface area contributed by atoms with Gasteiger partial charge < -0.3 is 0 Å². The maximum Gasteiger partial charge on any atom is 0.417 e. The van der Waals surface area contributed by atoms with Gasteiger partial charge in [-0.25, -0.2) is 0 Å². The van der Waals surface area contributed by atoms with Crippen molar-refractivity contribution in [2.24, 2.45) is 0 Å². The van der Waals surface area contributed by atoms with E-state index < -0.39 is 11.7 Å². The van der Waals surface area contributed by atoms with Crippen LogP contribution in [0.1, 0.15) is 29.3 Å². The van der Waals surface area contributed by atoms with E-state index in [0.717, 1.165) is 24.2 Å². The van der Waals surface area contributed by atoms with Crippen LogP contribution in [0.5, 0.6) is 0 Å². The second-order valence-corrected chi connectivity index (χ2v) is 4.36. The van der Waals surface area contributed by atoms with Crippen molar-refractivity contribution in [1.82, 2.24) is 0 Å². The Morgan fingerprint density at radius 1 is 1.38 bits per heavy atom. The summed E-state index contributed by atoms with van der Waals surface area (Å²) in [5, 5.41) is 0. The minimum absolute atomic E-state index is 0.0492. The minimum atomic E-state index is -4.41. The summed E-state index contributed by atoms with van der Waals surface area (Å²) < 4.78 is 38.0. The number of hydrogen-bond acceptors (Lipinski definition) is 2. The zero-order valence-electron chi connectivity index (χ0n) is 8.67. The highest BCUT2D eigenvalue weighted by Crippen LogP contribution is 2.37. The lowest BCUT2D eigenvalue weighted by atomic mass is 10.1. The molecule has 5 heteroatoms. The number of halogens is 3. The van der Waals surface area contributed by atoms with Crippen molar-refractivity contribution in [3.63, 3.8) is 0 Å². The summed E-state index contributed by atoms with van der Waals surface area (Å²) in [6.07, 6.45) is -3.18. The van der Waals surface area contributed by atoms with Gasteiger partial charge in [-0.3, -0.25) is 4.79 Å². The molecular formula is C11H11F3OS. The summed E-state index contributed by atoms with van der Waals surface area (Å²) >= 11 is 1.16. The van der Waals surface area contributed by atoms with Gasteiger partial charge in [-0.1, -0.05) is 13.0 Å². The summed E-state index contributed by atoms with van der Waals surface area (Å²) in [7, 11) is 0. The van der Waals surface area contributed by atoms with E-state index >= 15 is 0 Å². The molecule has 0 aliphatic heterocycles. The summed E-state index contributed by atoms with van der Waals surface area (Å²) in [5.74, 6) is 0.628. The molecule has 0 amide bonds. The number of carbonyl (C=O) groups excluding carboxylic acids is 1. The molecular weight excluding hydrogens is 237 g/mol. The number of thioether (sulfide) groups is 1. The quantitative estimate of drug-likeness (QED) is 0.591. The molecule has 0 aliphatic rings. The zero-order valence-corrected chi connectivity index (χ0v) is 9.49. The fraction of sp³-hybridized carbons (Fsp3) is 0.364. The van der Waals surface area contributed by atoms with E-state index in [1.165, 1.54) is 12.1 Å². The Morgan fingerprint density at radius 3 is 2.56 bits per heavy atom. The summed E-state index contributed by atoms with van der Waals surface area (Å²) in [6.45, 7) is 1.90. The third kappa shape index (κ3) is 3.27. The number of hydrogen-bond donors (Lipinski definition) is 0. The van der Waals surface area contributed by atoms with Crippen LogP contribution in [0.25, 0.3) is 0 Å². The molecule has 1 aromatic rings. The van der Waals surface area contributed by atoms with Crippen molar-refractivity contribution in [1.29, 1.82) is 0 Å². The summed E-state index contributed by atoms with van der Waals surface area (Å²) in [4.78, 5) is 10.6. The third-order valence-electron chi connectivity index (χ3n) is 1.91. The number of benzene rings is 1. The molecule has 1 rings (SSSR count). The highest BCUT2D eigenvalue weighted by molar-refractivity contribution is 7.99. The Kier molecular flexibility index (Phi) is 4.41. The molecule has 16 heavy (non-hydrogen) atoms. The van der Waals surface area contributed by atoms with E-state index in [4.69, 9.17) is 0 Å². The van der Waals surface area contributed by atoms with Gasteiger partial charge in [0.15, 0.2) is 0 Å². The molecule has 0 saturated heterocycles. The van der Waals surface area contributed by atoms with Crippen molar-refractivity contribution >= 4 is 18.0 Å². The normalized spacial score (nSPS) is 11.5. The zero-order chi connectivity index (χ0) is 12.2. The van der Waals surface area contributed by atoms with Gasteiger partial charge in [-0.05, 0) is 24.3 Å². The molecule has 0 bridgehead atoms. The van der Waals surface area contributed by atoms with E-state index in [1.54, 1.807) is 0 Å². The van der Waals surface area contributed by atoms with Crippen LogP contribution in [0.15, 0.2) is 23.1 Å². The Labute approximate surface area is 96.0 Å². The van der Waals surface area contributed by atoms with Crippen LogP contribution in [-0.4, -0.2) is 12.0 Å². The van der Waals surface area contributed by atoms with E-state index in [-0.39, 0.29) is 10.5 Å². The van der Waals surface area contributed by atoms with Crippen LogP contribution in [0.2, 0.25) is 0 Å². The number of aldehydes is 1. The van der Waals surface area contributed by atoms with Crippen molar-refractivity contribution in [2.45, 2.75) is 24.4 Å². The average molecular weight is 248 g/mol. The van der Waals surface area contributed by atoms with Crippen molar-refractivity contribution < 1.29 is 18.0 Å². The molecule has 0 spiro atoms. The fourth-order valence-corrected chi connectivity index (χ4v) is 2.10. The van der Waals surface area contributed by atoms with Gasteiger partial charge >= 0.3 is 6.18 Å². The van der Waals surface area contributed by atoms with E-state index in [0.29, 0.717) is 12.0 Å². The molecule has 0 unspecified atom stereocenters. The summed E-state index contributed by atoms with van der Waals surface area (Å²) in [5.41, 5.74) is -0.677. The molecule has 0 fully saturated rings. The monoisotopic (exact) mass is 248 g/mol. The number of carbonyl (C=O) groups is 1. The largest absolute Gasteiger partial charge is 0.417 e. The van der Waals surface area contributed by atoms with Gasteiger partial charge in [0.25, 0.3) is 0 Å². The predicted molar refractivity (Wildman–Crippen MR) is 57.8 cm³/mol. The van der Waals surface area contributed by atoms with Crippen LogP contribution in [0.4, 0.5) is 13.2 Å². The predicted octanol–water partition coefficient (Wildman–Crippen LogP) is 4.02. The van der Waals surface area contributed by atoms with Gasteiger partial charge in [0.1, 0.15) is 6.29 Å². The summed E-state index contributed by atoms with van der Waals surface area (Å²) in [6, 6.07) is 3.65. The van der Waals surface area contributed by atoms with Gasteiger partial charge in [0, 0.05) is 10.5 Å². The molecule has 1 aromatic carbocycles. The topological polar surface area (TPSA) is 17.1 Å². The lowest BCUT2D eigenvalue weighted by Gasteiger charge is -2.12. The van der Waals surface area contributed by atoms with Crippen LogP contribution >= 0.6 is 11.8 Å². The Hall–Kier alpha value is -0.970. The first-order valence-electron chi connectivity index (χ1n) is 4.78. The van der Waals surface area contributed by atoms with Gasteiger partial charge in [0.05, 0.1) is 5.56 Å². The molecule has 0 aromatic heterocycles. The lowest BCUT2D eigenvalue weighted by molar-refractivity contribution is -0.139. The maximum atomic E-state index is 12.7. The van der Waals surface area contributed by atoms with E-state index in [9.17, 15) is 18.0 Å². The smallest absolute Gasteiger partial charge is 0.298 e. The van der Waals surface area contributed by atoms with Gasteiger partial charge in [-0.15, -0.1) is 11.8 Å². The highest BCUT2D eigenvalue weighted by Gasteiger charge is 2.33. The van der Waals surface area contributed by atoms with Crippen LogP contribution in [0.3, 0.4) is 0 Å². The van der Waals surface area contributed by atoms with Crippen molar-refractivity contribution in [3.05, 3.63) is 29.3 Å². The van der Waals surface area contributed by atoms with Gasteiger partial charge in [0.2, 0.25) is 0 Å². The second kappa shape index (κ2) is 5.39. The Bertz CT molecular complexity index is 374. The molecule has 0 heterocycles. The maximum absolute atomic E-state index is 12.7. The van der Waals surface area contributed by atoms with E-state index in [2.05, 4.69) is 0 Å². The minimum Gasteiger partial charge on any atom is -0.298 e. The van der Waals surface area contributed by atoms with Crippen molar-refractivity contribution in [3.8, 4) is 0 Å². The molecule has 0 aliphatic carbocycles. The molecule has 88 valence electrons. The molecule has 0 radical (unpaired) electrons. The lowest BCUT2D eigenvalue weighted by Crippen LogP contribution is -2.07. The van der Waals surface area contributed by atoms with Crippen LogP contribution < -0.4 is 0 Å². The van der Waals surface area contributed by atoms with Crippen LogP contribution in [-0.2, 0) is 6.18 Å². The standard InChI is InChI=1S/C11H11F3OS/c1-2-5-16-10-4-3-8(7-15)6-9(10)11(12,13)14/h3-4,6-7H,2,5H2,1H3. The molecule has 0 atom stereocenters. The molecule has 1 nitrogen and oxygen atoms in total. The van der Waals surface area contributed by atoms with Crippen LogP contribution in [0, 0.1) is 0 Å². The first-order chi connectivity index (χ1) is 7.49. The molecule has 0 N–H and O–H groups in total. The van der Waals surface area contributed by atoms with Gasteiger partial charge in [-0.2, -0.15) is 13.2 Å². The number of rotatable bonds is 4. The van der Waals surface area contributed by atoms with E-state index in [1.807, 2.05) is 6.92 Å². The highest BCUT2D eigenvalue weighted by atomic mass is 32.2. The fourth-order valence-electron chi connectivity index (χ4n) is 1.18. The third-order valence-corrected chi connectivity index (χ3v) is 3.19. The SMILES string of the molecule is CCCSc1ccc(C=O)cc1C(F)(F)F.